The van der Waals surface area contributed by atoms with E-state index in [1.165, 1.54) is 30.7 Å². The van der Waals surface area contributed by atoms with Gasteiger partial charge in [0.05, 0.1) is 10.6 Å². The van der Waals surface area contributed by atoms with Gasteiger partial charge in [-0.1, -0.05) is 11.6 Å². The maximum absolute atomic E-state index is 13.2. The summed E-state index contributed by atoms with van der Waals surface area (Å²) in [5.41, 5.74) is 1.94. The number of rotatable bonds is 5. The minimum atomic E-state index is -3.98. The molecule has 0 unspecified atom stereocenters. The van der Waals surface area contributed by atoms with Crippen molar-refractivity contribution in [2.45, 2.75) is 18.7 Å². The van der Waals surface area contributed by atoms with Crippen LogP contribution in [0.25, 0.3) is 11.0 Å². The minimum absolute atomic E-state index is 0.0272. The van der Waals surface area contributed by atoms with Gasteiger partial charge in [-0.05, 0) is 55.3 Å². The van der Waals surface area contributed by atoms with Gasteiger partial charge in [0.15, 0.2) is 0 Å². The lowest BCUT2D eigenvalue weighted by atomic mass is 10.1. The van der Waals surface area contributed by atoms with Crippen LogP contribution in [0.4, 0.5) is 5.69 Å². The third-order valence-electron chi connectivity index (χ3n) is 4.49. The maximum atomic E-state index is 13.2. The number of carbonyl (C=O) groups is 1. The average molecular weight is 442 g/mol. The topological polar surface area (TPSA) is 118 Å². The molecule has 0 aliphatic rings. The molecule has 0 aliphatic heterocycles. The van der Waals surface area contributed by atoms with Gasteiger partial charge in [-0.25, -0.2) is 18.4 Å². The normalized spacial score (nSPS) is 11.6. The van der Waals surface area contributed by atoms with Crippen molar-refractivity contribution >= 4 is 44.1 Å². The first kappa shape index (κ1) is 20.0. The Hall–Kier alpha value is -3.30. The first-order chi connectivity index (χ1) is 14.3. The zero-order valence-corrected chi connectivity index (χ0v) is 17.5. The molecule has 0 atom stereocenters. The third kappa shape index (κ3) is 3.64. The molecule has 1 aromatic carbocycles. The molecule has 0 fully saturated rings. The van der Waals surface area contributed by atoms with Crippen LogP contribution in [0.2, 0.25) is 5.02 Å². The number of aromatic nitrogens is 4. The second kappa shape index (κ2) is 7.51. The van der Waals surface area contributed by atoms with Crippen LogP contribution in [-0.2, 0) is 10.0 Å². The summed E-state index contributed by atoms with van der Waals surface area (Å²) < 4.78 is 28.3. The Labute approximate surface area is 177 Å². The molecule has 8 nitrogen and oxygen atoms in total. The summed E-state index contributed by atoms with van der Waals surface area (Å²) in [7, 11) is -3.98. The minimum Gasteiger partial charge on any atom is -0.346 e. The van der Waals surface area contributed by atoms with Gasteiger partial charge in [0.1, 0.15) is 23.4 Å². The van der Waals surface area contributed by atoms with Gasteiger partial charge < -0.3 is 4.98 Å². The molecule has 10 heteroatoms. The van der Waals surface area contributed by atoms with Crippen LogP contribution in [0.1, 0.15) is 27.3 Å². The van der Waals surface area contributed by atoms with E-state index >= 15 is 0 Å². The lowest BCUT2D eigenvalue weighted by Crippen LogP contribution is -2.18. The number of sulfonamides is 1. The number of pyridine rings is 1. The van der Waals surface area contributed by atoms with E-state index in [9.17, 15) is 13.2 Å². The number of ketones is 1. The number of nitrogens with one attached hydrogen (secondary N) is 2. The second-order valence-corrected chi connectivity index (χ2v) is 8.81. The van der Waals surface area contributed by atoms with Crippen LogP contribution in [0.5, 0.6) is 0 Å². The molecular formula is C20H16ClN5O3S. The Bertz CT molecular complexity index is 1400. The van der Waals surface area contributed by atoms with E-state index in [-0.39, 0.29) is 22.0 Å². The Kier molecular flexibility index (Phi) is 5.00. The summed E-state index contributed by atoms with van der Waals surface area (Å²) in [6, 6.07) is 7.60. The van der Waals surface area contributed by atoms with Crippen molar-refractivity contribution in [3.05, 3.63) is 76.6 Å². The highest BCUT2D eigenvalue weighted by atomic mass is 35.5. The standard InChI is InChI=1S/C20H16ClN5O3S/c1-11-7-16(26-30(28,29)13-3-4-15(21)12(2)8-13)18(23-9-11)19(27)17-14-5-6-22-20(14)25-10-24-17/h3-10,26H,1-2H3,(H,22,24,25). The molecule has 152 valence electrons. The monoisotopic (exact) mass is 441 g/mol. The Balaban J connectivity index is 1.78. The Morgan fingerprint density at radius 1 is 1.07 bits per heavy atom. The summed E-state index contributed by atoms with van der Waals surface area (Å²) in [6.07, 6.45) is 4.40. The quantitative estimate of drug-likeness (QED) is 0.456. The van der Waals surface area contributed by atoms with Gasteiger partial charge in [0.2, 0.25) is 5.78 Å². The number of nitrogens with zero attached hydrogens (tertiary/aromatic N) is 3. The zero-order valence-electron chi connectivity index (χ0n) is 16.0. The van der Waals surface area contributed by atoms with Crippen LogP contribution in [0.3, 0.4) is 0 Å². The second-order valence-electron chi connectivity index (χ2n) is 6.72. The van der Waals surface area contributed by atoms with Gasteiger partial charge in [-0.2, -0.15) is 0 Å². The first-order valence-electron chi connectivity index (χ1n) is 8.84. The molecule has 0 radical (unpaired) electrons. The van der Waals surface area contributed by atoms with Crippen molar-refractivity contribution < 1.29 is 13.2 Å². The zero-order chi connectivity index (χ0) is 21.5. The number of benzene rings is 1. The number of aromatic amines is 1. The highest BCUT2D eigenvalue weighted by Crippen LogP contribution is 2.26. The van der Waals surface area contributed by atoms with Crippen molar-refractivity contribution in [3.63, 3.8) is 0 Å². The Morgan fingerprint density at radius 3 is 2.63 bits per heavy atom. The first-order valence-corrected chi connectivity index (χ1v) is 10.7. The predicted molar refractivity (Wildman–Crippen MR) is 113 cm³/mol. The summed E-state index contributed by atoms with van der Waals surface area (Å²) in [6.45, 7) is 3.46. The van der Waals surface area contributed by atoms with Crippen LogP contribution in [0.15, 0.2) is 53.9 Å². The third-order valence-corrected chi connectivity index (χ3v) is 6.28. The molecule has 0 bridgehead atoms. The smallest absolute Gasteiger partial charge is 0.261 e. The van der Waals surface area contributed by atoms with E-state index in [0.29, 0.717) is 27.2 Å². The molecule has 0 amide bonds. The van der Waals surface area contributed by atoms with Crippen molar-refractivity contribution in [2.75, 3.05) is 4.72 Å². The van der Waals surface area contributed by atoms with Crippen molar-refractivity contribution in [1.82, 2.24) is 19.9 Å². The van der Waals surface area contributed by atoms with Crippen molar-refractivity contribution in [2.24, 2.45) is 0 Å². The summed E-state index contributed by atoms with van der Waals surface area (Å²) >= 11 is 6.00. The fourth-order valence-electron chi connectivity index (χ4n) is 2.98. The number of fused-ring (bicyclic) bond motifs is 1. The number of aryl methyl sites for hydroxylation is 2. The average Bonchev–Trinajstić information content (AvgIpc) is 3.18. The van der Waals surface area contributed by atoms with Crippen molar-refractivity contribution in [3.8, 4) is 0 Å². The van der Waals surface area contributed by atoms with Crippen LogP contribution < -0.4 is 4.72 Å². The lowest BCUT2D eigenvalue weighted by Gasteiger charge is -2.13. The molecule has 3 heterocycles. The number of halogens is 1. The highest BCUT2D eigenvalue weighted by Gasteiger charge is 2.24. The molecule has 2 N–H and O–H groups in total. The van der Waals surface area contributed by atoms with E-state index in [0.717, 1.165) is 0 Å². The van der Waals surface area contributed by atoms with Gasteiger partial charge in [0, 0.05) is 22.8 Å². The van der Waals surface area contributed by atoms with E-state index < -0.39 is 15.8 Å². The maximum Gasteiger partial charge on any atom is 0.261 e. The van der Waals surface area contributed by atoms with Crippen molar-refractivity contribution in [1.29, 1.82) is 0 Å². The molecule has 0 spiro atoms. The van der Waals surface area contributed by atoms with Gasteiger partial charge in [-0.3, -0.25) is 14.5 Å². The number of anilines is 1. The lowest BCUT2D eigenvalue weighted by molar-refractivity contribution is 0.103. The number of carbonyl (C=O) groups excluding carboxylic acids is 1. The molecule has 0 aliphatic carbocycles. The van der Waals surface area contributed by atoms with Gasteiger partial charge in [0.25, 0.3) is 10.0 Å². The number of hydrogen-bond donors (Lipinski definition) is 2. The molecular weight excluding hydrogens is 426 g/mol. The Morgan fingerprint density at radius 2 is 1.87 bits per heavy atom. The predicted octanol–water partition coefficient (Wildman–Crippen LogP) is 3.65. The van der Waals surface area contributed by atoms with Gasteiger partial charge in [-0.15, -0.1) is 0 Å². The molecule has 4 rings (SSSR count). The molecule has 4 aromatic rings. The SMILES string of the molecule is Cc1cnc(C(=O)c2ncnc3[nH]ccc23)c(NS(=O)(=O)c2ccc(Cl)c(C)c2)c1. The molecule has 30 heavy (non-hydrogen) atoms. The van der Waals surface area contributed by atoms with E-state index in [4.69, 9.17) is 11.6 Å². The van der Waals surface area contributed by atoms with E-state index in [2.05, 4.69) is 24.7 Å². The number of H-pyrrole nitrogens is 1. The summed E-state index contributed by atoms with van der Waals surface area (Å²) in [5.74, 6) is -0.521. The summed E-state index contributed by atoms with van der Waals surface area (Å²) in [5, 5.41) is 0.980. The molecule has 0 saturated carbocycles. The molecule has 0 saturated heterocycles. The molecule has 3 aromatic heterocycles. The van der Waals surface area contributed by atoms with E-state index in [1.807, 2.05) is 0 Å². The summed E-state index contributed by atoms with van der Waals surface area (Å²) in [4.78, 5) is 28.5. The number of hydrogen-bond acceptors (Lipinski definition) is 6. The highest BCUT2D eigenvalue weighted by molar-refractivity contribution is 7.92. The fraction of sp³-hybridized carbons (Fsp3) is 0.100. The van der Waals surface area contributed by atoms with E-state index in [1.54, 1.807) is 32.2 Å². The van der Waals surface area contributed by atoms with Crippen LogP contribution >= 0.6 is 11.6 Å². The fourth-order valence-corrected chi connectivity index (χ4v) is 4.24. The van der Waals surface area contributed by atoms with Crippen LogP contribution in [-0.4, -0.2) is 34.1 Å². The largest absolute Gasteiger partial charge is 0.346 e. The van der Waals surface area contributed by atoms with Crippen LogP contribution in [0, 0.1) is 13.8 Å². The van der Waals surface area contributed by atoms with Gasteiger partial charge >= 0.3 is 0 Å².